The monoisotopic (exact) mass is 516 g/mol. The van der Waals surface area contributed by atoms with Crippen LogP contribution >= 0.6 is 0 Å². The van der Waals surface area contributed by atoms with Crippen molar-refractivity contribution in [2.75, 3.05) is 0 Å². The van der Waals surface area contributed by atoms with Gasteiger partial charge in [-0.15, -0.1) is 0 Å². The van der Waals surface area contributed by atoms with Gasteiger partial charge in [0.1, 0.15) is 0 Å². The summed E-state index contributed by atoms with van der Waals surface area (Å²) in [6, 6.07) is 32.4. The highest BCUT2D eigenvalue weighted by molar-refractivity contribution is 6.21. The summed E-state index contributed by atoms with van der Waals surface area (Å²) >= 11 is 0. The highest BCUT2D eigenvalue weighted by Crippen LogP contribution is 2.45. The molecule has 0 amide bonds. The Balaban J connectivity index is 1.48. The maximum absolute atomic E-state index is 13.9. The van der Waals surface area contributed by atoms with Crippen LogP contribution in [-0.4, -0.2) is 20.1 Å². The van der Waals surface area contributed by atoms with E-state index in [0.717, 1.165) is 66.3 Å². The van der Waals surface area contributed by atoms with E-state index in [1.54, 1.807) is 6.20 Å². The second kappa shape index (κ2) is 8.42. The highest BCUT2D eigenvalue weighted by atomic mass is 16.1. The van der Waals surface area contributed by atoms with Crippen molar-refractivity contribution < 1.29 is 0 Å². The summed E-state index contributed by atoms with van der Waals surface area (Å²) in [5.74, 6) is 0. The Morgan fingerprint density at radius 1 is 0.700 bits per heavy atom. The fraction of sp³-hybridized carbons (Fsp3) is 0.0857. The molecule has 0 N–H and O–H groups in total. The summed E-state index contributed by atoms with van der Waals surface area (Å²) in [5, 5.41) is 4.98. The Bertz CT molecular complexity index is 2210. The van der Waals surface area contributed by atoms with E-state index in [1.165, 1.54) is 0 Å². The zero-order chi connectivity index (χ0) is 26.8. The third-order valence-corrected chi connectivity index (χ3v) is 8.22. The van der Waals surface area contributed by atoms with E-state index in [-0.39, 0.29) is 5.56 Å². The van der Waals surface area contributed by atoms with E-state index in [9.17, 15) is 4.79 Å². The molecule has 5 heterocycles. The van der Waals surface area contributed by atoms with Gasteiger partial charge in [0, 0.05) is 45.8 Å². The number of benzene rings is 3. The maximum Gasteiger partial charge on any atom is 0.263 e. The van der Waals surface area contributed by atoms with Gasteiger partial charge in [0.25, 0.3) is 5.56 Å². The van der Waals surface area contributed by atoms with Crippen LogP contribution in [0.4, 0.5) is 0 Å². The number of fused-ring (bicyclic) bond motifs is 5. The molecule has 5 nitrogen and oxygen atoms in total. The molecule has 0 spiro atoms. The first-order chi connectivity index (χ1) is 19.6. The first-order valence-corrected chi connectivity index (χ1v) is 13.5. The van der Waals surface area contributed by atoms with E-state index in [4.69, 9.17) is 4.99 Å². The van der Waals surface area contributed by atoms with Crippen molar-refractivity contribution >= 4 is 49.4 Å². The third-order valence-electron chi connectivity index (χ3n) is 8.22. The van der Waals surface area contributed by atoms with Gasteiger partial charge >= 0.3 is 0 Å². The zero-order valence-corrected chi connectivity index (χ0v) is 21.9. The molecule has 1 atom stereocenters. The summed E-state index contributed by atoms with van der Waals surface area (Å²) < 4.78 is 1.91. The number of hydrogen-bond acceptors (Lipinski definition) is 4. The average Bonchev–Trinajstić information content (AvgIpc) is 3.36. The Morgan fingerprint density at radius 3 is 2.12 bits per heavy atom. The second-order valence-corrected chi connectivity index (χ2v) is 10.7. The molecule has 1 aliphatic rings. The number of nitrogens with zero attached hydrogens (tertiary/aromatic N) is 4. The summed E-state index contributed by atoms with van der Waals surface area (Å²) in [5.41, 5.74) is 6.06. The minimum absolute atomic E-state index is 0.0145. The Morgan fingerprint density at radius 2 is 1.38 bits per heavy atom. The Kier molecular flexibility index (Phi) is 4.80. The molecule has 0 aliphatic carbocycles. The zero-order valence-electron chi connectivity index (χ0n) is 21.9. The van der Waals surface area contributed by atoms with Gasteiger partial charge in [0.2, 0.25) is 0 Å². The number of pyridine rings is 3. The van der Waals surface area contributed by atoms with Gasteiger partial charge < -0.3 is 0 Å². The van der Waals surface area contributed by atoms with Crippen molar-refractivity contribution in [3.05, 3.63) is 143 Å². The number of allylic oxidation sites excluding steroid dienone is 1. The van der Waals surface area contributed by atoms with Gasteiger partial charge in [0.05, 0.1) is 33.8 Å². The van der Waals surface area contributed by atoms with Gasteiger partial charge in [-0.2, -0.15) is 0 Å². The van der Waals surface area contributed by atoms with Crippen molar-refractivity contribution in [3.8, 4) is 0 Å². The van der Waals surface area contributed by atoms with E-state index < -0.39 is 5.41 Å². The number of hydrogen-bond donors (Lipinski definition) is 0. The van der Waals surface area contributed by atoms with Crippen molar-refractivity contribution in [1.82, 2.24) is 14.4 Å². The summed E-state index contributed by atoms with van der Waals surface area (Å²) in [7, 11) is 0. The van der Waals surface area contributed by atoms with Crippen molar-refractivity contribution in [1.29, 1.82) is 0 Å². The Hall–Kier alpha value is -5.16. The van der Waals surface area contributed by atoms with Crippen LogP contribution in [0, 0.1) is 0 Å². The molecule has 0 bridgehead atoms. The van der Waals surface area contributed by atoms with Crippen LogP contribution in [0.15, 0.2) is 125 Å². The molecule has 8 rings (SSSR count). The van der Waals surface area contributed by atoms with E-state index in [2.05, 4.69) is 53.3 Å². The molecule has 0 fully saturated rings. The van der Waals surface area contributed by atoms with Crippen LogP contribution in [-0.2, 0) is 5.41 Å². The number of aliphatic imine (C=N–C) groups is 1. The lowest BCUT2D eigenvalue weighted by Crippen LogP contribution is -2.28. The molecule has 7 aromatic rings. The summed E-state index contributed by atoms with van der Waals surface area (Å²) in [4.78, 5) is 28.3. The van der Waals surface area contributed by atoms with Crippen molar-refractivity contribution in [3.63, 3.8) is 0 Å². The predicted octanol–water partition coefficient (Wildman–Crippen LogP) is 7.18. The molecule has 1 aliphatic heterocycles. The first kappa shape index (κ1) is 22.8. The van der Waals surface area contributed by atoms with Crippen LogP contribution in [0.3, 0.4) is 0 Å². The lowest BCUT2D eigenvalue weighted by molar-refractivity contribution is 0.623. The molecule has 40 heavy (non-hydrogen) atoms. The van der Waals surface area contributed by atoms with Gasteiger partial charge in [-0.3, -0.25) is 19.2 Å². The molecule has 1 unspecified atom stereocenters. The molecular weight excluding hydrogens is 492 g/mol. The fourth-order valence-electron chi connectivity index (χ4n) is 6.44. The smallest absolute Gasteiger partial charge is 0.263 e. The lowest BCUT2D eigenvalue weighted by atomic mass is 9.73. The molecule has 3 aromatic carbocycles. The van der Waals surface area contributed by atoms with Crippen LogP contribution in [0.1, 0.15) is 30.3 Å². The van der Waals surface area contributed by atoms with Gasteiger partial charge in [0.15, 0.2) is 0 Å². The number of aromatic nitrogens is 3. The SMILES string of the molecule is CC1(c2ccc3c4ccccc4c(=O)n4c5ccccc5c2c34)C=C(c2ccccn2)N=C(c2ccccn2)C1. The van der Waals surface area contributed by atoms with Gasteiger partial charge in [-0.1, -0.05) is 67.6 Å². The van der Waals surface area contributed by atoms with E-state index >= 15 is 0 Å². The van der Waals surface area contributed by atoms with Crippen LogP contribution < -0.4 is 5.56 Å². The van der Waals surface area contributed by atoms with Crippen LogP contribution in [0.5, 0.6) is 0 Å². The minimum Gasteiger partial charge on any atom is -0.275 e. The van der Waals surface area contributed by atoms with Crippen molar-refractivity contribution in [2.45, 2.75) is 18.8 Å². The average molecular weight is 517 g/mol. The first-order valence-electron chi connectivity index (χ1n) is 13.5. The van der Waals surface area contributed by atoms with Gasteiger partial charge in [-0.05, 0) is 53.4 Å². The molecule has 0 saturated carbocycles. The quantitative estimate of drug-likeness (QED) is 0.234. The summed E-state index contributed by atoms with van der Waals surface area (Å²) in [6.07, 6.45) is 6.51. The normalized spacial score (nSPS) is 17.5. The Labute approximate surface area is 230 Å². The molecular formula is C35H24N4O. The maximum atomic E-state index is 13.9. The topological polar surface area (TPSA) is 59.6 Å². The molecule has 4 aromatic heterocycles. The second-order valence-electron chi connectivity index (χ2n) is 10.7. The molecule has 5 heteroatoms. The third kappa shape index (κ3) is 3.21. The molecule has 0 saturated heterocycles. The van der Waals surface area contributed by atoms with E-state index in [0.29, 0.717) is 6.42 Å². The summed E-state index contributed by atoms with van der Waals surface area (Å²) in [6.45, 7) is 2.26. The minimum atomic E-state index is -0.436. The standard InChI is InChI=1S/C35H24N4O/c1-35(20-29(27-13-6-8-18-36-27)38-30(21-35)28-14-7-9-19-37-28)26-17-16-23-22-10-2-3-11-24(22)34(40)39-31-15-5-4-12-25(31)32(26)33(23)39/h2-20H,21H2,1H3. The van der Waals surface area contributed by atoms with Crippen molar-refractivity contribution in [2.24, 2.45) is 4.99 Å². The number of rotatable bonds is 3. The largest absolute Gasteiger partial charge is 0.275 e. The van der Waals surface area contributed by atoms with Crippen LogP contribution in [0.25, 0.3) is 43.7 Å². The predicted molar refractivity (Wildman–Crippen MR) is 162 cm³/mol. The van der Waals surface area contributed by atoms with Gasteiger partial charge in [-0.25, -0.2) is 4.99 Å². The fourth-order valence-corrected chi connectivity index (χ4v) is 6.44. The molecule has 190 valence electrons. The molecule has 0 radical (unpaired) electrons. The van der Waals surface area contributed by atoms with Crippen LogP contribution in [0.2, 0.25) is 0 Å². The number of para-hydroxylation sites is 1. The van der Waals surface area contributed by atoms with E-state index in [1.807, 2.05) is 77.3 Å². The highest BCUT2D eigenvalue weighted by Gasteiger charge is 2.35. The lowest BCUT2D eigenvalue weighted by Gasteiger charge is -2.32.